The van der Waals surface area contributed by atoms with E-state index in [0.29, 0.717) is 5.56 Å². The highest BCUT2D eigenvalue weighted by atomic mass is 79.9. The molecule has 0 radical (unpaired) electrons. The zero-order valence-electron chi connectivity index (χ0n) is 11.9. The van der Waals surface area contributed by atoms with Gasteiger partial charge in [0.1, 0.15) is 0 Å². The van der Waals surface area contributed by atoms with Crippen LogP contribution in [0.15, 0.2) is 63.0 Å². The molecule has 2 rings (SSSR count). The molecule has 1 aromatic carbocycles. The lowest BCUT2D eigenvalue weighted by Gasteiger charge is -2.01. The number of allylic oxidation sites excluding steroid dienone is 1. The van der Waals surface area contributed by atoms with Crippen molar-refractivity contribution in [3.8, 4) is 0 Å². The van der Waals surface area contributed by atoms with Gasteiger partial charge in [-0.25, -0.2) is 5.43 Å². The molecular formula is C16H14BrN3O2. The second kappa shape index (κ2) is 7.51. The predicted octanol–water partition coefficient (Wildman–Crippen LogP) is 2.54. The maximum atomic E-state index is 11.9. The summed E-state index contributed by atoms with van der Waals surface area (Å²) < 4.78 is 2.06. The molecule has 0 bridgehead atoms. The van der Waals surface area contributed by atoms with Crippen molar-refractivity contribution in [1.82, 2.24) is 9.99 Å². The van der Waals surface area contributed by atoms with Gasteiger partial charge in [0, 0.05) is 23.8 Å². The highest BCUT2D eigenvalue weighted by molar-refractivity contribution is 9.12. The monoisotopic (exact) mass is 359 g/mol. The maximum absolute atomic E-state index is 11.9. The highest BCUT2D eigenvalue weighted by Crippen LogP contribution is 2.09. The summed E-state index contributed by atoms with van der Waals surface area (Å²) in [7, 11) is 1.58. The summed E-state index contributed by atoms with van der Waals surface area (Å²) in [6.45, 7) is 0. The largest absolute Gasteiger partial charge is 0.318 e. The minimum absolute atomic E-state index is 0.173. The van der Waals surface area contributed by atoms with E-state index in [9.17, 15) is 9.59 Å². The van der Waals surface area contributed by atoms with Crippen LogP contribution in [0, 0.1) is 0 Å². The number of hydrazone groups is 1. The predicted molar refractivity (Wildman–Crippen MR) is 91.0 cm³/mol. The number of nitrogens with one attached hydrogen (secondary N) is 1. The molecule has 0 atom stereocenters. The van der Waals surface area contributed by atoms with Crippen LogP contribution in [0.2, 0.25) is 0 Å². The van der Waals surface area contributed by atoms with Crippen molar-refractivity contribution in [1.29, 1.82) is 0 Å². The summed E-state index contributed by atoms with van der Waals surface area (Å²) in [5.41, 5.74) is 3.62. The van der Waals surface area contributed by atoms with Gasteiger partial charge in [0.05, 0.1) is 11.8 Å². The Kier molecular flexibility index (Phi) is 5.43. The van der Waals surface area contributed by atoms with Gasteiger partial charge in [0.25, 0.3) is 5.91 Å². The molecule has 0 saturated heterocycles. The van der Waals surface area contributed by atoms with Gasteiger partial charge in [-0.3, -0.25) is 9.59 Å². The van der Waals surface area contributed by atoms with Crippen molar-refractivity contribution in [3.05, 3.63) is 74.6 Å². The SMILES string of the molecule is Cn1cc(C(=O)NN=C/C(Br)=C/c2ccccc2)ccc1=O. The molecule has 1 amide bonds. The first-order valence-electron chi connectivity index (χ1n) is 6.48. The van der Waals surface area contributed by atoms with Gasteiger partial charge >= 0.3 is 0 Å². The van der Waals surface area contributed by atoms with Crippen LogP contribution in [0.4, 0.5) is 0 Å². The van der Waals surface area contributed by atoms with Gasteiger partial charge in [-0.1, -0.05) is 30.3 Å². The van der Waals surface area contributed by atoms with E-state index in [1.807, 2.05) is 36.4 Å². The van der Waals surface area contributed by atoms with Crippen molar-refractivity contribution in [2.24, 2.45) is 12.1 Å². The second-order valence-electron chi connectivity index (χ2n) is 4.51. The van der Waals surface area contributed by atoms with Gasteiger partial charge in [-0.05, 0) is 33.6 Å². The number of halogens is 1. The Balaban J connectivity index is 1.99. The molecule has 1 aromatic heterocycles. The van der Waals surface area contributed by atoms with E-state index in [-0.39, 0.29) is 11.5 Å². The average Bonchev–Trinajstić information content (AvgIpc) is 2.51. The van der Waals surface area contributed by atoms with Gasteiger partial charge in [-0.2, -0.15) is 5.10 Å². The number of rotatable bonds is 4. The molecule has 1 heterocycles. The smallest absolute Gasteiger partial charge is 0.272 e. The van der Waals surface area contributed by atoms with Crippen LogP contribution in [-0.4, -0.2) is 16.7 Å². The number of benzene rings is 1. The summed E-state index contributed by atoms with van der Waals surface area (Å²) in [6.07, 6.45) is 4.83. The third-order valence-corrected chi connectivity index (χ3v) is 3.24. The molecule has 0 spiro atoms. The van der Waals surface area contributed by atoms with Crippen molar-refractivity contribution < 1.29 is 4.79 Å². The molecule has 1 N–H and O–H groups in total. The molecule has 0 aliphatic rings. The van der Waals surface area contributed by atoms with E-state index in [1.54, 1.807) is 7.05 Å². The normalized spacial score (nSPS) is 11.6. The van der Waals surface area contributed by atoms with Gasteiger partial charge in [0.2, 0.25) is 5.56 Å². The summed E-state index contributed by atoms with van der Waals surface area (Å²) in [5, 5.41) is 3.87. The number of hydrogen-bond acceptors (Lipinski definition) is 3. The minimum Gasteiger partial charge on any atom is -0.318 e. The van der Waals surface area contributed by atoms with Crippen molar-refractivity contribution in [3.63, 3.8) is 0 Å². The fourth-order valence-electron chi connectivity index (χ4n) is 1.69. The standard InChI is InChI=1S/C16H14BrN3O2/c1-20-11-13(7-8-15(20)21)16(22)19-18-10-14(17)9-12-5-3-2-4-6-12/h2-11H,1H3,(H,19,22)/b14-9-,18-10?. The van der Waals surface area contributed by atoms with Crippen molar-refractivity contribution in [2.45, 2.75) is 0 Å². The van der Waals surface area contributed by atoms with Crippen LogP contribution in [-0.2, 0) is 7.05 Å². The second-order valence-corrected chi connectivity index (χ2v) is 5.42. The van der Waals surface area contributed by atoms with Gasteiger partial charge < -0.3 is 4.57 Å². The molecule has 0 aliphatic heterocycles. The van der Waals surface area contributed by atoms with Gasteiger partial charge in [-0.15, -0.1) is 0 Å². The number of carbonyl (C=O) groups excluding carboxylic acids is 1. The van der Waals surface area contributed by atoms with Crippen molar-refractivity contribution >= 4 is 34.1 Å². The van der Waals surface area contributed by atoms with Crippen molar-refractivity contribution in [2.75, 3.05) is 0 Å². The highest BCUT2D eigenvalue weighted by Gasteiger charge is 2.04. The summed E-state index contributed by atoms with van der Waals surface area (Å²) in [5.74, 6) is -0.383. The van der Waals surface area contributed by atoms with E-state index in [1.165, 1.54) is 29.1 Å². The molecule has 112 valence electrons. The number of pyridine rings is 1. The Hall–Kier alpha value is -2.47. The summed E-state index contributed by atoms with van der Waals surface area (Å²) in [4.78, 5) is 23.1. The van der Waals surface area contributed by atoms with Crippen LogP contribution in [0.3, 0.4) is 0 Å². The summed E-state index contributed by atoms with van der Waals surface area (Å²) in [6, 6.07) is 12.5. The molecule has 0 saturated carbocycles. The van der Waals surface area contributed by atoms with Gasteiger partial charge in [0.15, 0.2) is 0 Å². The molecule has 0 aliphatic carbocycles. The fourth-order valence-corrected chi connectivity index (χ4v) is 2.06. The molecule has 2 aromatic rings. The first-order valence-corrected chi connectivity index (χ1v) is 7.28. The first-order chi connectivity index (χ1) is 10.6. The van der Waals surface area contributed by atoms with E-state index in [0.717, 1.165) is 10.0 Å². The Bertz CT molecular complexity index is 779. The number of carbonyl (C=O) groups is 1. The quantitative estimate of drug-likeness (QED) is 0.673. The van der Waals surface area contributed by atoms with Crippen LogP contribution in [0.1, 0.15) is 15.9 Å². The Morgan fingerprint density at radius 1 is 1.23 bits per heavy atom. The fraction of sp³-hybridized carbons (Fsp3) is 0.0625. The van der Waals surface area contributed by atoms with Crippen LogP contribution in [0.25, 0.3) is 6.08 Å². The van der Waals surface area contributed by atoms with E-state index in [4.69, 9.17) is 0 Å². The Morgan fingerprint density at radius 3 is 2.64 bits per heavy atom. The number of nitrogens with zero attached hydrogens (tertiary/aromatic N) is 2. The molecular weight excluding hydrogens is 346 g/mol. The van der Waals surface area contributed by atoms with Crippen LogP contribution >= 0.6 is 15.9 Å². The topological polar surface area (TPSA) is 63.5 Å². The first kappa shape index (κ1) is 15.9. The molecule has 6 heteroatoms. The molecule has 22 heavy (non-hydrogen) atoms. The number of hydrogen-bond donors (Lipinski definition) is 1. The minimum atomic E-state index is -0.383. The van der Waals surface area contributed by atoms with Crippen LogP contribution in [0.5, 0.6) is 0 Å². The Morgan fingerprint density at radius 2 is 1.95 bits per heavy atom. The lowest BCUT2D eigenvalue weighted by molar-refractivity contribution is 0.0954. The zero-order chi connectivity index (χ0) is 15.9. The molecule has 0 unspecified atom stereocenters. The van der Waals surface area contributed by atoms with E-state index in [2.05, 4.69) is 26.5 Å². The van der Waals surface area contributed by atoms with E-state index < -0.39 is 0 Å². The average molecular weight is 360 g/mol. The number of aromatic nitrogens is 1. The molecule has 0 fully saturated rings. The molecule has 5 nitrogen and oxygen atoms in total. The number of amides is 1. The Labute approximate surface area is 136 Å². The zero-order valence-corrected chi connectivity index (χ0v) is 13.4. The van der Waals surface area contributed by atoms with E-state index >= 15 is 0 Å². The van der Waals surface area contributed by atoms with Crippen LogP contribution < -0.4 is 11.0 Å². The lowest BCUT2D eigenvalue weighted by atomic mass is 10.2. The lowest BCUT2D eigenvalue weighted by Crippen LogP contribution is -2.22. The summed E-state index contributed by atoms with van der Waals surface area (Å²) >= 11 is 3.36. The maximum Gasteiger partial charge on any atom is 0.272 e. The third kappa shape index (κ3) is 4.53. The third-order valence-electron chi connectivity index (χ3n) is 2.81. The number of aryl methyl sites for hydroxylation is 1.